The SMILES string of the molecule is COc1ccc(OC)c(NC(=O)Nc2ccc(Cl)cc2[N+](=O)[O-])c1. The Hall–Kier alpha value is -3.00. The maximum absolute atomic E-state index is 12.1. The lowest BCUT2D eigenvalue weighted by molar-refractivity contribution is -0.383. The molecule has 0 unspecified atom stereocenters. The highest BCUT2D eigenvalue weighted by molar-refractivity contribution is 6.31. The molecular formula is C15H14ClN3O5. The summed E-state index contributed by atoms with van der Waals surface area (Å²) in [6.07, 6.45) is 0. The molecule has 2 rings (SSSR count). The number of nitrogens with one attached hydrogen (secondary N) is 2. The van der Waals surface area contributed by atoms with Crippen LogP contribution in [0, 0.1) is 10.1 Å². The van der Waals surface area contributed by atoms with Gasteiger partial charge in [-0.25, -0.2) is 4.79 Å². The van der Waals surface area contributed by atoms with Gasteiger partial charge in [0.1, 0.15) is 17.2 Å². The second kappa shape index (κ2) is 7.51. The number of rotatable bonds is 5. The highest BCUT2D eigenvalue weighted by Crippen LogP contribution is 2.30. The van der Waals surface area contributed by atoms with Crippen LogP contribution in [-0.4, -0.2) is 25.2 Å². The van der Waals surface area contributed by atoms with Gasteiger partial charge in [-0.15, -0.1) is 0 Å². The van der Waals surface area contributed by atoms with Crippen molar-refractivity contribution in [2.75, 3.05) is 24.9 Å². The molecule has 2 N–H and O–H groups in total. The highest BCUT2D eigenvalue weighted by Gasteiger charge is 2.17. The van der Waals surface area contributed by atoms with E-state index in [0.29, 0.717) is 17.2 Å². The molecule has 0 spiro atoms. The van der Waals surface area contributed by atoms with Gasteiger partial charge in [-0.2, -0.15) is 0 Å². The van der Waals surface area contributed by atoms with Crippen LogP contribution in [0.25, 0.3) is 0 Å². The molecule has 0 saturated carbocycles. The molecular weight excluding hydrogens is 338 g/mol. The minimum Gasteiger partial charge on any atom is -0.497 e. The lowest BCUT2D eigenvalue weighted by atomic mass is 10.2. The zero-order chi connectivity index (χ0) is 17.7. The minimum absolute atomic E-state index is 0.0174. The van der Waals surface area contributed by atoms with Crippen LogP contribution in [0.4, 0.5) is 21.9 Å². The smallest absolute Gasteiger partial charge is 0.323 e. The third kappa shape index (κ3) is 4.05. The first-order valence-electron chi connectivity index (χ1n) is 6.68. The average molecular weight is 352 g/mol. The maximum atomic E-state index is 12.1. The van der Waals surface area contributed by atoms with E-state index in [-0.39, 0.29) is 16.4 Å². The summed E-state index contributed by atoms with van der Waals surface area (Å²) in [5.74, 6) is 0.931. The van der Waals surface area contributed by atoms with Crippen molar-refractivity contribution in [1.82, 2.24) is 0 Å². The summed E-state index contributed by atoms with van der Waals surface area (Å²) >= 11 is 5.74. The largest absolute Gasteiger partial charge is 0.497 e. The molecule has 2 aromatic carbocycles. The van der Waals surface area contributed by atoms with Crippen LogP contribution in [0.5, 0.6) is 11.5 Å². The number of nitro benzene ring substituents is 1. The normalized spacial score (nSPS) is 9.96. The minimum atomic E-state index is -0.674. The van der Waals surface area contributed by atoms with Gasteiger partial charge in [0.2, 0.25) is 0 Å². The summed E-state index contributed by atoms with van der Waals surface area (Å²) in [6.45, 7) is 0. The fourth-order valence-corrected chi connectivity index (χ4v) is 2.12. The Morgan fingerprint density at radius 3 is 2.42 bits per heavy atom. The van der Waals surface area contributed by atoms with Crippen LogP contribution >= 0.6 is 11.6 Å². The lowest BCUT2D eigenvalue weighted by Gasteiger charge is -2.12. The first kappa shape index (κ1) is 17.4. The number of nitro groups is 1. The quantitative estimate of drug-likeness (QED) is 0.628. The summed E-state index contributed by atoms with van der Waals surface area (Å²) in [5.41, 5.74) is 0.0602. The van der Waals surface area contributed by atoms with E-state index in [0.717, 1.165) is 6.07 Å². The summed E-state index contributed by atoms with van der Waals surface area (Å²) in [5, 5.41) is 16.2. The third-order valence-corrected chi connectivity index (χ3v) is 3.29. The van der Waals surface area contributed by atoms with Crippen molar-refractivity contribution in [1.29, 1.82) is 0 Å². The lowest BCUT2D eigenvalue weighted by Crippen LogP contribution is -2.20. The standard InChI is InChI=1S/C15H14ClN3O5/c1-23-10-4-6-14(24-2)12(8-10)18-15(20)17-11-5-3-9(16)7-13(11)19(21)22/h3-8H,1-2H3,(H2,17,18,20). The van der Waals surface area contributed by atoms with Crippen molar-refractivity contribution in [3.63, 3.8) is 0 Å². The molecule has 0 aromatic heterocycles. The Morgan fingerprint density at radius 2 is 1.79 bits per heavy atom. The molecule has 0 radical (unpaired) electrons. The van der Waals surface area contributed by atoms with Gasteiger partial charge in [-0.3, -0.25) is 10.1 Å². The molecule has 0 atom stereocenters. The number of urea groups is 1. The zero-order valence-electron chi connectivity index (χ0n) is 12.8. The molecule has 0 heterocycles. The molecule has 0 aliphatic heterocycles. The van der Waals surface area contributed by atoms with E-state index in [9.17, 15) is 14.9 Å². The number of nitrogens with zero attached hydrogens (tertiary/aromatic N) is 1. The fraction of sp³-hybridized carbons (Fsp3) is 0.133. The second-order valence-electron chi connectivity index (χ2n) is 4.56. The summed E-state index contributed by atoms with van der Waals surface area (Å²) in [4.78, 5) is 22.5. The summed E-state index contributed by atoms with van der Waals surface area (Å²) < 4.78 is 10.2. The number of anilines is 2. The Morgan fingerprint density at radius 1 is 1.08 bits per heavy atom. The van der Waals surface area contributed by atoms with Crippen molar-refractivity contribution in [2.45, 2.75) is 0 Å². The average Bonchev–Trinajstić information content (AvgIpc) is 2.56. The first-order valence-corrected chi connectivity index (χ1v) is 7.06. The van der Waals surface area contributed by atoms with Gasteiger partial charge in [0.05, 0.1) is 24.8 Å². The molecule has 126 valence electrons. The van der Waals surface area contributed by atoms with Crippen molar-refractivity contribution in [3.8, 4) is 11.5 Å². The van der Waals surface area contributed by atoms with Crippen LogP contribution in [0.3, 0.4) is 0 Å². The van der Waals surface area contributed by atoms with Crippen LogP contribution in [0.1, 0.15) is 0 Å². The molecule has 0 aliphatic carbocycles. The van der Waals surface area contributed by atoms with E-state index in [1.165, 1.54) is 26.4 Å². The monoisotopic (exact) mass is 351 g/mol. The molecule has 2 amide bonds. The van der Waals surface area contributed by atoms with Crippen molar-refractivity contribution >= 4 is 34.7 Å². The predicted octanol–water partition coefficient (Wildman–Crippen LogP) is 3.91. The van der Waals surface area contributed by atoms with E-state index in [2.05, 4.69) is 10.6 Å². The molecule has 2 aromatic rings. The number of hydrogen-bond donors (Lipinski definition) is 2. The molecule has 0 bridgehead atoms. The Balaban J connectivity index is 2.22. The van der Waals surface area contributed by atoms with Gasteiger partial charge in [0.15, 0.2) is 0 Å². The van der Waals surface area contributed by atoms with Gasteiger partial charge in [-0.05, 0) is 24.3 Å². The predicted molar refractivity (Wildman–Crippen MR) is 90.3 cm³/mol. The highest BCUT2D eigenvalue weighted by atomic mass is 35.5. The Bertz CT molecular complexity index is 782. The Kier molecular flexibility index (Phi) is 5.43. The van der Waals surface area contributed by atoms with Crippen LogP contribution in [0.15, 0.2) is 36.4 Å². The molecule has 0 saturated heterocycles. The van der Waals surface area contributed by atoms with Gasteiger partial charge in [0.25, 0.3) is 5.69 Å². The Labute approximate surface area is 142 Å². The first-order chi connectivity index (χ1) is 11.4. The number of benzene rings is 2. The van der Waals surface area contributed by atoms with Gasteiger partial charge < -0.3 is 20.1 Å². The van der Waals surface area contributed by atoms with Crippen molar-refractivity contribution in [3.05, 3.63) is 51.5 Å². The summed E-state index contributed by atoms with van der Waals surface area (Å²) in [7, 11) is 2.94. The zero-order valence-corrected chi connectivity index (χ0v) is 13.6. The number of halogens is 1. The molecule has 0 fully saturated rings. The van der Waals surface area contributed by atoms with Crippen molar-refractivity contribution in [2.24, 2.45) is 0 Å². The third-order valence-electron chi connectivity index (χ3n) is 3.06. The number of carbonyl (C=O) groups excluding carboxylic acids is 1. The number of ether oxygens (including phenoxy) is 2. The number of carbonyl (C=O) groups is 1. The number of amides is 2. The summed E-state index contributed by atoms with van der Waals surface area (Å²) in [6, 6.07) is 8.13. The molecule has 0 aliphatic rings. The van der Waals surface area contributed by atoms with E-state index >= 15 is 0 Å². The second-order valence-corrected chi connectivity index (χ2v) is 5.00. The topological polar surface area (TPSA) is 103 Å². The van der Waals surface area contributed by atoms with E-state index in [1.54, 1.807) is 18.2 Å². The van der Waals surface area contributed by atoms with Gasteiger partial charge >= 0.3 is 6.03 Å². The van der Waals surface area contributed by atoms with Gasteiger partial charge in [-0.1, -0.05) is 11.6 Å². The van der Waals surface area contributed by atoms with Crippen LogP contribution in [-0.2, 0) is 0 Å². The fourth-order valence-electron chi connectivity index (χ4n) is 1.95. The van der Waals surface area contributed by atoms with E-state index < -0.39 is 11.0 Å². The van der Waals surface area contributed by atoms with Crippen LogP contribution < -0.4 is 20.1 Å². The maximum Gasteiger partial charge on any atom is 0.323 e. The van der Waals surface area contributed by atoms with Crippen LogP contribution in [0.2, 0.25) is 5.02 Å². The number of hydrogen-bond acceptors (Lipinski definition) is 5. The van der Waals surface area contributed by atoms with Gasteiger partial charge in [0, 0.05) is 17.2 Å². The van der Waals surface area contributed by atoms with E-state index in [1.807, 2.05) is 0 Å². The van der Waals surface area contributed by atoms with Crippen molar-refractivity contribution < 1.29 is 19.2 Å². The molecule has 9 heteroatoms. The number of methoxy groups -OCH3 is 2. The molecule has 8 nitrogen and oxygen atoms in total. The van der Waals surface area contributed by atoms with E-state index in [4.69, 9.17) is 21.1 Å². The molecule has 24 heavy (non-hydrogen) atoms.